The number of amides is 1. The van der Waals surface area contributed by atoms with Gasteiger partial charge >= 0.3 is 6.18 Å². The highest BCUT2D eigenvalue weighted by atomic mass is 35.5. The molecule has 2 rings (SSSR count). The van der Waals surface area contributed by atoms with Crippen LogP contribution in [0.1, 0.15) is 18.9 Å². The van der Waals surface area contributed by atoms with Crippen LogP contribution < -0.4 is 0 Å². The van der Waals surface area contributed by atoms with E-state index in [1.165, 1.54) is 6.92 Å². The molecule has 0 spiro atoms. The number of hydrazone groups is 1. The summed E-state index contributed by atoms with van der Waals surface area (Å²) in [6.45, 7) is 1.33. The summed E-state index contributed by atoms with van der Waals surface area (Å²) in [5.41, 5.74) is -2.44. The van der Waals surface area contributed by atoms with E-state index in [1.54, 1.807) is 24.3 Å². The third-order valence-corrected chi connectivity index (χ3v) is 4.59. The van der Waals surface area contributed by atoms with E-state index in [9.17, 15) is 23.1 Å². The molecular formula is C14H14ClF3N2O2S. The number of aliphatic hydroxyl groups is 1. The Labute approximate surface area is 140 Å². The van der Waals surface area contributed by atoms with E-state index in [4.69, 9.17) is 11.6 Å². The number of alkyl halides is 3. The van der Waals surface area contributed by atoms with Crippen LogP contribution in [-0.2, 0) is 10.5 Å². The lowest BCUT2D eigenvalue weighted by molar-refractivity contribution is -0.301. The Morgan fingerprint density at radius 1 is 1.48 bits per heavy atom. The Kier molecular flexibility index (Phi) is 5.27. The Bertz CT molecular complexity index is 639. The number of rotatable bonds is 4. The lowest BCUT2D eigenvalue weighted by atomic mass is 10.1. The average Bonchev–Trinajstić information content (AvgIpc) is 2.77. The maximum absolute atomic E-state index is 13.0. The van der Waals surface area contributed by atoms with Crippen molar-refractivity contribution < 1.29 is 23.1 Å². The van der Waals surface area contributed by atoms with Gasteiger partial charge in [-0.25, -0.2) is 0 Å². The first-order valence-corrected chi connectivity index (χ1v) is 8.16. The SMILES string of the molecule is CC1=NN(C(=O)CSCc2ccccc2Cl)[C@](O)(C(F)(F)F)C1. The first-order chi connectivity index (χ1) is 10.6. The van der Waals surface area contributed by atoms with E-state index in [1.807, 2.05) is 0 Å². The van der Waals surface area contributed by atoms with Crippen LogP contribution in [0, 0.1) is 0 Å². The van der Waals surface area contributed by atoms with Gasteiger partial charge in [-0.05, 0) is 18.6 Å². The summed E-state index contributed by atoms with van der Waals surface area (Å²) in [6.07, 6.45) is -5.71. The number of halogens is 4. The van der Waals surface area contributed by atoms with E-state index in [0.717, 1.165) is 17.3 Å². The molecule has 1 amide bonds. The lowest BCUT2D eigenvalue weighted by Gasteiger charge is -2.32. The summed E-state index contributed by atoms with van der Waals surface area (Å²) < 4.78 is 39.1. The number of hydrogen-bond donors (Lipinski definition) is 1. The summed E-state index contributed by atoms with van der Waals surface area (Å²) in [5, 5.41) is 14.0. The molecule has 1 aliphatic rings. The molecule has 1 N–H and O–H groups in total. The van der Waals surface area contributed by atoms with Gasteiger partial charge in [-0.15, -0.1) is 11.8 Å². The van der Waals surface area contributed by atoms with Crippen molar-refractivity contribution in [2.24, 2.45) is 5.10 Å². The largest absolute Gasteiger partial charge is 0.438 e. The second kappa shape index (κ2) is 6.70. The van der Waals surface area contributed by atoms with Crippen LogP contribution in [-0.4, -0.2) is 39.4 Å². The van der Waals surface area contributed by atoms with Crippen molar-refractivity contribution >= 4 is 35.0 Å². The minimum Gasteiger partial charge on any atom is -0.362 e. The standard InChI is InChI=1S/C14H14ClF3N2O2S/c1-9-6-13(22,14(16,17)18)20(19-9)12(21)8-23-7-10-4-2-3-5-11(10)15/h2-5,22H,6-8H2,1H3/t13-/m1/s1. The van der Waals surface area contributed by atoms with Gasteiger partial charge in [0.05, 0.1) is 5.75 Å². The number of hydrogen-bond acceptors (Lipinski definition) is 4. The van der Waals surface area contributed by atoms with Gasteiger partial charge in [0, 0.05) is 22.9 Å². The summed E-state index contributed by atoms with van der Waals surface area (Å²) >= 11 is 7.08. The molecule has 0 radical (unpaired) electrons. The molecule has 0 unspecified atom stereocenters. The van der Waals surface area contributed by atoms with Crippen LogP contribution in [0.5, 0.6) is 0 Å². The minimum absolute atomic E-state index is 0.0503. The van der Waals surface area contributed by atoms with Crippen LogP contribution in [0.25, 0.3) is 0 Å². The van der Waals surface area contributed by atoms with Crippen molar-refractivity contribution in [3.05, 3.63) is 34.9 Å². The minimum atomic E-state index is -4.97. The molecule has 9 heteroatoms. The van der Waals surface area contributed by atoms with Gasteiger partial charge < -0.3 is 5.11 Å². The van der Waals surface area contributed by atoms with Crippen LogP contribution in [0.15, 0.2) is 29.4 Å². The van der Waals surface area contributed by atoms with Crippen LogP contribution in [0.4, 0.5) is 13.2 Å². The number of carbonyl (C=O) groups is 1. The summed E-state index contributed by atoms with van der Waals surface area (Å²) in [7, 11) is 0. The monoisotopic (exact) mass is 366 g/mol. The summed E-state index contributed by atoms with van der Waals surface area (Å²) in [4.78, 5) is 12.0. The van der Waals surface area contributed by atoms with Crippen molar-refractivity contribution in [1.29, 1.82) is 0 Å². The first-order valence-electron chi connectivity index (χ1n) is 6.62. The van der Waals surface area contributed by atoms with Gasteiger partial charge in [0.2, 0.25) is 0 Å². The number of carbonyl (C=O) groups excluding carboxylic acids is 1. The van der Waals surface area contributed by atoms with E-state index in [2.05, 4.69) is 5.10 Å². The van der Waals surface area contributed by atoms with Crippen molar-refractivity contribution in [2.75, 3.05) is 5.75 Å². The van der Waals surface area contributed by atoms with Crippen molar-refractivity contribution in [1.82, 2.24) is 5.01 Å². The Morgan fingerprint density at radius 3 is 2.74 bits per heavy atom. The third-order valence-electron chi connectivity index (χ3n) is 3.25. The van der Waals surface area contributed by atoms with E-state index >= 15 is 0 Å². The van der Waals surface area contributed by atoms with Gasteiger partial charge in [-0.1, -0.05) is 29.8 Å². The van der Waals surface area contributed by atoms with Crippen LogP contribution >= 0.6 is 23.4 Å². The van der Waals surface area contributed by atoms with Crippen molar-refractivity contribution in [2.45, 2.75) is 31.0 Å². The quantitative estimate of drug-likeness (QED) is 0.888. The Hall–Kier alpha value is -1.25. The van der Waals surface area contributed by atoms with Crippen molar-refractivity contribution in [3.8, 4) is 0 Å². The maximum Gasteiger partial charge on any atom is 0.438 e. The van der Waals surface area contributed by atoms with Gasteiger partial charge in [-0.2, -0.15) is 23.3 Å². The number of benzene rings is 1. The molecule has 0 fully saturated rings. The van der Waals surface area contributed by atoms with Crippen LogP contribution in [0.2, 0.25) is 5.02 Å². The molecule has 1 aromatic rings. The molecule has 0 saturated heterocycles. The van der Waals surface area contributed by atoms with Gasteiger partial charge in [0.1, 0.15) is 0 Å². The molecule has 1 atom stereocenters. The number of nitrogens with zero attached hydrogens (tertiary/aromatic N) is 2. The molecule has 4 nitrogen and oxygen atoms in total. The summed E-state index contributed by atoms with van der Waals surface area (Å²) in [6, 6.07) is 6.99. The molecule has 0 saturated carbocycles. The van der Waals surface area contributed by atoms with E-state index < -0.39 is 24.2 Å². The highest BCUT2D eigenvalue weighted by Gasteiger charge is 2.62. The molecule has 1 heterocycles. The topological polar surface area (TPSA) is 52.9 Å². The highest BCUT2D eigenvalue weighted by Crippen LogP contribution is 2.40. The zero-order chi connectivity index (χ0) is 17.3. The van der Waals surface area contributed by atoms with Crippen LogP contribution in [0.3, 0.4) is 0 Å². The molecular weight excluding hydrogens is 353 g/mol. The predicted octanol–water partition coefficient (Wildman–Crippen LogP) is 3.43. The van der Waals surface area contributed by atoms with E-state index in [-0.39, 0.29) is 16.5 Å². The molecule has 0 aliphatic carbocycles. The average molecular weight is 367 g/mol. The molecule has 1 aliphatic heterocycles. The highest BCUT2D eigenvalue weighted by molar-refractivity contribution is 7.99. The third kappa shape index (κ3) is 3.81. The zero-order valence-electron chi connectivity index (χ0n) is 12.1. The summed E-state index contributed by atoms with van der Waals surface area (Å²) in [5.74, 6) is -0.786. The molecule has 23 heavy (non-hydrogen) atoms. The smallest absolute Gasteiger partial charge is 0.362 e. The molecule has 1 aromatic carbocycles. The Morgan fingerprint density at radius 2 is 2.13 bits per heavy atom. The van der Waals surface area contributed by atoms with Gasteiger partial charge in [0.15, 0.2) is 0 Å². The van der Waals surface area contributed by atoms with E-state index in [0.29, 0.717) is 10.8 Å². The zero-order valence-corrected chi connectivity index (χ0v) is 13.7. The lowest BCUT2D eigenvalue weighted by Crippen LogP contribution is -2.57. The Balaban J connectivity index is 2.01. The molecule has 126 valence electrons. The second-order valence-corrected chi connectivity index (χ2v) is 6.51. The second-order valence-electron chi connectivity index (χ2n) is 5.12. The fraction of sp³-hybridized carbons (Fsp3) is 0.429. The normalized spacial score (nSPS) is 21.5. The number of thioether (sulfide) groups is 1. The fourth-order valence-corrected chi connectivity index (χ4v) is 3.28. The van der Waals surface area contributed by atoms with Crippen molar-refractivity contribution in [3.63, 3.8) is 0 Å². The fourth-order valence-electron chi connectivity index (χ4n) is 2.13. The molecule has 0 aromatic heterocycles. The van der Waals surface area contributed by atoms with Gasteiger partial charge in [0.25, 0.3) is 11.6 Å². The van der Waals surface area contributed by atoms with Gasteiger partial charge in [-0.3, -0.25) is 4.79 Å². The molecule has 0 bridgehead atoms. The predicted molar refractivity (Wildman–Crippen MR) is 83.2 cm³/mol. The first kappa shape index (κ1) is 18.1. The maximum atomic E-state index is 13.0.